The molecule has 0 saturated carbocycles. The summed E-state index contributed by atoms with van der Waals surface area (Å²) in [5.41, 5.74) is 3.92. The van der Waals surface area contributed by atoms with Gasteiger partial charge in [0.25, 0.3) is 0 Å². The van der Waals surface area contributed by atoms with E-state index in [9.17, 15) is 19.5 Å². The standard InChI is InChI=1S/C28H32N2O5/c1-28(2,26(33)30-19-9-7-8-18(16-19)25(31)32)14-15-29-27(34)35-17-24-22-12-5-3-10-20(22)21-11-4-6-13-23(21)24/h3-7,9-13,18-19,24H,8,14-17H2,1-2H3,(H,29,34)(H,30,33)(H,31,32). The number of aliphatic carboxylic acids is 1. The van der Waals surface area contributed by atoms with Gasteiger partial charge in [0.15, 0.2) is 0 Å². The van der Waals surface area contributed by atoms with Crippen LogP contribution in [0.3, 0.4) is 0 Å². The lowest BCUT2D eigenvalue weighted by atomic mass is 9.86. The largest absolute Gasteiger partial charge is 0.481 e. The minimum atomic E-state index is -0.847. The number of hydrogen-bond donors (Lipinski definition) is 3. The van der Waals surface area contributed by atoms with Gasteiger partial charge in [0.2, 0.25) is 5.91 Å². The first-order valence-corrected chi connectivity index (χ1v) is 12.1. The number of ether oxygens (including phenoxy) is 1. The molecular formula is C28H32N2O5. The van der Waals surface area contributed by atoms with Crippen molar-refractivity contribution in [2.24, 2.45) is 11.3 Å². The van der Waals surface area contributed by atoms with Crippen LogP contribution in [0.1, 0.15) is 50.2 Å². The number of fused-ring (bicyclic) bond motifs is 3. The molecule has 2 aromatic rings. The van der Waals surface area contributed by atoms with Gasteiger partial charge in [-0.05, 0) is 41.5 Å². The summed E-state index contributed by atoms with van der Waals surface area (Å²) >= 11 is 0. The molecule has 0 aromatic heterocycles. The Labute approximate surface area is 205 Å². The summed E-state index contributed by atoms with van der Waals surface area (Å²) in [6.45, 7) is 4.14. The summed E-state index contributed by atoms with van der Waals surface area (Å²) in [6.07, 6.45) is 4.42. The second kappa shape index (κ2) is 10.3. The van der Waals surface area contributed by atoms with Gasteiger partial charge in [0, 0.05) is 23.9 Å². The maximum atomic E-state index is 12.8. The number of rotatable bonds is 8. The molecule has 2 aliphatic rings. The second-order valence-electron chi connectivity index (χ2n) is 9.90. The van der Waals surface area contributed by atoms with E-state index in [1.165, 1.54) is 11.1 Å². The van der Waals surface area contributed by atoms with E-state index >= 15 is 0 Å². The highest BCUT2D eigenvalue weighted by atomic mass is 16.5. The lowest BCUT2D eigenvalue weighted by Crippen LogP contribution is -2.45. The van der Waals surface area contributed by atoms with Crippen LogP contribution in [-0.2, 0) is 14.3 Å². The molecule has 2 aliphatic carbocycles. The van der Waals surface area contributed by atoms with E-state index in [1.54, 1.807) is 6.08 Å². The molecule has 0 saturated heterocycles. The van der Waals surface area contributed by atoms with Crippen molar-refractivity contribution in [3.8, 4) is 11.1 Å². The molecule has 184 valence electrons. The molecule has 0 spiro atoms. The van der Waals surface area contributed by atoms with Crippen LogP contribution in [0.4, 0.5) is 4.79 Å². The number of alkyl carbamates (subject to hydrolysis) is 1. The number of amides is 2. The zero-order valence-corrected chi connectivity index (χ0v) is 20.1. The van der Waals surface area contributed by atoms with E-state index in [2.05, 4.69) is 34.9 Å². The highest BCUT2D eigenvalue weighted by molar-refractivity contribution is 5.82. The average Bonchev–Trinajstić information content (AvgIpc) is 3.16. The molecular weight excluding hydrogens is 444 g/mol. The Kier molecular flexibility index (Phi) is 7.24. The third-order valence-electron chi connectivity index (χ3n) is 6.97. The summed E-state index contributed by atoms with van der Waals surface area (Å²) in [5.74, 6) is -1.51. The van der Waals surface area contributed by atoms with Crippen LogP contribution in [0.15, 0.2) is 60.7 Å². The average molecular weight is 477 g/mol. The lowest BCUT2D eigenvalue weighted by molar-refractivity contribution is -0.142. The number of hydrogen-bond acceptors (Lipinski definition) is 4. The molecule has 0 fully saturated rings. The van der Waals surface area contributed by atoms with E-state index in [0.717, 1.165) is 11.1 Å². The Bertz CT molecular complexity index is 1090. The molecule has 0 aliphatic heterocycles. The van der Waals surface area contributed by atoms with Gasteiger partial charge in [0.1, 0.15) is 6.61 Å². The molecule has 2 unspecified atom stereocenters. The van der Waals surface area contributed by atoms with Gasteiger partial charge in [-0.25, -0.2) is 4.79 Å². The number of nitrogens with one attached hydrogen (secondary N) is 2. The van der Waals surface area contributed by atoms with E-state index in [1.807, 2.05) is 44.2 Å². The maximum absolute atomic E-state index is 12.8. The van der Waals surface area contributed by atoms with Gasteiger partial charge in [-0.15, -0.1) is 0 Å². The quantitative estimate of drug-likeness (QED) is 0.488. The molecule has 3 N–H and O–H groups in total. The zero-order valence-electron chi connectivity index (χ0n) is 20.1. The van der Waals surface area contributed by atoms with Gasteiger partial charge >= 0.3 is 12.1 Å². The number of carboxylic acids is 1. The Morgan fingerprint density at radius 1 is 1.03 bits per heavy atom. The van der Waals surface area contributed by atoms with Crippen LogP contribution in [0.5, 0.6) is 0 Å². The summed E-state index contributed by atoms with van der Waals surface area (Å²) in [5, 5.41) is 14.9. The topological polar surface area (TPSA) is 105 Å². The third-order valence-corrected chi connectivity index (χ3v) is 6.97. The SMILES string of the molecule is CC(C)(CCNC(=O)OCC1c2ccccc2-c2ccccc21)C(=O)NC1C=CCC(C(=O)O)C1. The molecule has 7 heteroatoms. The van der Waals surface area contributed by atoms with Gasteiger partial charge in [0.05, 0.1) is 5.92 Å². The van der Waals surface area contributed by atoms with Crippen molar-refractivity contribution in [2.75, 3.05) is 13.2 Å². The zero-order chi connectivity index (χ0) is 25.0. The number of benzene rings is 2. The van der Waals surface area contributed by atoms with Crippen molar-refractivity contribution in [1.82, 2.24) is 10.6 Å². The number of carbonyl (C=O) groups is 3. The van der Waals surface area contributed by atoms with Gasteiger partial charge in [-0.2, -0.15) is 0 Å². The Hall–Kier alpha value is -3.61. The first-order chi connectivity index (χ1) is 16.8. The maximum Gasteiger partial charge on any atom is 0.407 e. The summed E-state index contributed by atoms with van der Waals surface area (Å²) < 4.78 is 5.56. The molecule has 2 atom stereocenters. The Morgan fingerprint density at radius 2 is 1.66 bits per heavy atom. The molecule has 35 heavy (non-hydrogen) atoms. The lowest BCUT2D eigenvalue weighted by Gasteiger charge is -2.29. The number of carboxylic acid groups (broad SMARTS) is 1. The first kappa shape index (κ1) is 24.5. The molecule has 7 nitrogen and oxygen atoms in total. The van der Waals surface area contributed by atoms with Crippen LogP contribution in [-0.4, -0.2) is 42.3 Å². The fourth-order valence-corrected chi connectivity index (χ4v) is 4.80. The minimum absolute atomic E-state index is 0.00598. The highest BCUT2D eigenvalue weighted by Crippen LogP contribution is 2.44. The fourth-order valence-electron chi connectivity index (χ4n) is 4.80. The summed E-state index contributed by atoms with van der Waals surface area (Å²) in [6, 6.07) is 16.0. The van der Waals surface area contributed by atoms with Crippen molar-refractivity contribution < 1.29 is 24.2 Å². The van der Waals surface area contributed by atoms with Gasteiger partial charge < -0.3 is 20.5 Å². The molecule has 0 heterocycles. The van der Waals surface area contributed by atoms with E-state index in [4.69, 9.17) is 4.74 Å². The van der Waals surface area contributed by atoms with E-state index < -0.39 is 23.4 Å². The van der Waals surface area contributed by atoms with Crippen molar-refractivity contribution in [2.45, 2.75) is 45.1 Å². The summed E-state index contributed by atoms with van der Waals surface area (Å²) in [4.78, 5) is 36.4. The third kappa shape index (κ3) is 5.56. The van der Waals surface area contributed by atoms with Crippen molar-refractivity contribution >= 4 is 18.0 Å². The normalized spacial score (nSPS) is 18.9. The predicted molar refractivity (Wildman–Crippen MR) is 133 cm³/mol. The van der Waals surface area contributed by atoms with Crippen molar-refractivity contribution in [3.63, 3.8) is 0 Å². The highest BCUT2D eigenvalue weighted by Gasteiger charge is 2.32. The van der Waals surface area contributed by atoms with Gasteiger partial charge in [-0.3, -0.25) is 9.59 Å². The second-order valence-corrected chi connectivity index (χ2v) is 9.90. The predicted octanol–water partition coefficient (Wildman–Crippen LogP) is 4.48. The Morgan fingerprint density at radius 3 is 2.29 bits per heavy atom. The van der Waals surface area contributed by atoms with Crippen molar-refractivity contribution in [3.05, 3.63) is 71.8 Å². The van der Waals surface area contributed by atoms with Gasteiger partial charge in [-0.1, -0.05) is 74.5 Å². The van der Waals surface area contributed by atoms with Crippen LogP contribution < -0.4 is 10.6 Å². The first-order valence-electron chi connectivity index (χ1n) is 12.1. The van der Waals surface area contributed by atoms with Crippen LogP contribution in [0.2, 0.25) is 0 Å². The molecule has 4 rings (SSSR count). The van der Waals surface area contributed by atoms with Crippen LogP contribution in [0, 0.1) is 11.3 Å². The monoisotopic (exact) mass is 476 g/mol. The van der Waals surface area contributed by atoms with Crippen LogP contribution in [0.25, 0.3) is 11.1 Å². The Balaban J connectivity index is 1.25. The molecule has 0 bridgehead atoms. The molecule has 0 radical (unpaired) electrons. The minimum Gasteiger partial charge on any atom is -0.481 e. The van der Waals surface area contributed by atoms with Crippen LogP contribution >= 0.6 is 0 Å². The molecule has 2 aromatic carbocycles. The fraction of sp³-hybridized carbons (Fsp3) is 0.393. The van der Waals surface area contributed by atoms with E-state index in [0.29, 0.717) is 19.3 Å². The smallest absolute Gasteiger partial charge is 0.407 e. The molecule has 2 amide bonds. The van der Waals surface area contributed by atoms with Crippen molar-refractivity contribution in [1.29, 1.82) is 0 Å². The van der Waals surface area contributed by atoms with E-state index in [-0.39, 0.29) is 31.0 Å². The number of carbonyl (C=O) groups excluding carboxylic acids is 2. The summed E-state index contributed by atoms with van der Waals surface area (Å²) in [7, 11) is 0. The number of allylic oxidation sites excluding steroid dienone is 1.